The van der Waals surface area contributed by atoms with Gasteiger partial charge in [0.2, 0.25) is 0 Å². The number of sulfonamides is 1. The van der Waals surface area contributed by atoms with Crippen molar-refractivity contribution in [3.63, 3.8) is 0 Å². The van der Waals surface area contributed by atoms with E-state index < -0.39 is 10.0 Å². The van der Waals surface area contributed by atoms with Crippen LogP contribution in [0.15, 0.2) is 76.5 Å². The molecule has 1 atom stereocenters. The molecule has 5 rings (SSSR count). The zero-order valence-electron chi connectivity index (χ0n) is 19.2. The van der Waals surface area contributed by atoms with Gasteiger partial charge >= 0.3 is 0 Å². The summed E-state index contributed by atoms with van der Waals surface area (Å²) >= 11 is 0. The van der Waals surface area contributed by atoms with Gasteiger partial charge in [0, 0.05) is 18.7 Å². The van der Waals surface area contributed by atoms with Gasteiger partial charge in [-0.2, -0.15) is 0 Å². The number of ketones is 1. The fraction of sp³-hybridized carbons (Fsp3) is 0.346. The van der Waals surface area contributed by atoms with E-state index >= 15 is 0 Å². The molecule has 2 N–H and O–H groups in total. The van der Waals surface area contributed by atoms with Crippen LogP contribution in [0.5, 0.6) is 0 Å². The quantitative estimate of drug-likeness (QED) is 0.672. The van der Waals surface area contributed by atoms with Crippen LogP contribution < -0.4 is 10.3 Å². The van der Waals surface area contributed by atoms with Gasteiger partial charge in [-0.1, -0.05) is 55.8 Å². The molecule has 33 heavy (non-hydrogen) atoms. The Morgan fingerprint density at radius 1 is 1.03 bits per heavy atom. The number of allylic oxidation sites excluding steroid dienone is 2. The lowest BCUT2D eigenvalue weighted by atomic mass is 9.72. The van der Waals surface area contributed by atoms with Crippen molar-refractivity contribution in [1.82, 2.24) is 15.2 Å². The van der Waals surface area contributed by atoms with Gasteiger partial charge in [0.25, 0.3) is 10.0 Å². The molecule has 0 saturated carbocycles. The number of nitrogens with zero attached hydrogens (tertiary/aromatic N) is 1. The van der Waals surface area contributed by atoms with Crippen molar-refractivity contribution < 1.29 is 13.2 Å². The van der Waals surface area contributed by atoms with Crippen LogP contribution in [0.25, 0.3) is 0 Å². The van der Waals surface area contributed by atoms with Crippen molar-refractivity contribution in [3.8, 4) is 0 Å². The second-order valence-corrected chi connectivity index (χ2v) is 11.7. The number of carbonyl (C=O) groups is 1. The topological polar surface area (TPSA) is 78.5 Å². The largest absolute Gasteiger partial charge is 0.363 e. The SMILES string of the molecule is Cc1ccc(S(=O)(=O)NNC2=C[C@H]3c4ccccc4CCN3C3=C2C(=O)CC(C)(C)C3)cc1. The lowest BCUT2D eigenvalue weighted by molar-refractivity contribution is -0.118. The maximum absolute atomic E-state index is 13.3. The minimum atomic E-state index is -3.79. The highest BCUT2D eigenvalue weighted by molar-refractivity contribution is 7.89. The summed E-state index contributed by atoms with van der Waals surface area (Å²) in [6.45, 7) is 6.98. The Kier molecular flexibility index (Phi) is 5.21. The van der Waals surface area contributed by atoms with Crippen molar-refractivity contribution in [3.05, 3.63) is 88.3 Å². The van der Waals surface area contributed by atoms with Gasteiger partial charge in [0.15, 0.2) is 5.78 Å². The normalized spacial score (nSPS) is 21.7. The fourth-order valence-electron chi connectivity index (χ4n) is 5.16. The standard InChI is InChI=1S/C26H29N3O3S/c1-17-8-10-19(11-9-17)33(31,32)28-27-21-14-22-20-7-5-4-6-18(20)12-13-29(22)23-15-26(2,3)16-24(30)25(21)23/h4-11,14,22,27-28H,12-13,15-16H2,1-3H3/t22-/m0/s1. The summed E-state index contributed by atoms with van der Waals surface area (Å²) in [4.78, 5) is 18.3. The van der Waals surface area contributed by atoms with E-state index in [2.05, 4.69) is 41.1 Å². The monoisotopic (exact) mass is 463 g/mol. The molecule has 0 aromatic heterocycles. The Morgan fingerprint density at radius 2 is 1.76 bits per heavy atom. The molecule has 6 nitrogen and oxygen atoms in total. The summed E-state index contributed by atoms with van der Waals surface area (Å²) in [6.07, 6.45) is 4.13. The summed E-state index contributed by atoms with van der Waals surface area (Å²) in [5.74, 6) is 0.0480. The van der Waals surface area contributed by atoms with Crippen molar-refractivity contribution in [2.24, 2.45) is 5.41 Å². The lowest BCUT2D eigenvalue weighted by Gasteiger charge is -2.47. The number of hydrogen-bond acceptors (Lipinski definition) is 5. The number of Topliss-reactive ketones (excluding diaryl/α,β-unsaturated/α-hetero) is 1. The molecule has 0 amide bonds. The van der Waals surface area contributed by atoms with Crippen molar-refractivity contribution in [2.75, 3.05) is 6.54 Å². The third-order valence-corrected chi connectivity index (χ3v) is 8.04. The van der Waals surface area contributed by atoms with E-state index in [1.807, 2.05) is 25.1 Å². The predicted octanol–water partition coefficient (Wildman–Crippen LogP) is 3.92. The highest BCUT2D eigenvalue weighted by Gasteiger charge is 2.42. The molecule has 0 spiro atoms. The first kappa shape index (κ1) is 21.9. The van der Waals surface area contributed by atoms with Gasteiger partial charge in [-0.05, 0) is 54.5 Å². The number of rotatable bonds is 4. The van der Waals surface area contributed by atoms with Crippen molar-refractivity contribution in [1.29, 1.82) is 0 Å². The van der Waals surface area contributed by atoms with Gasteiger partial charge in [-0.25, -0.2) is 8.42 Å². The Bertz CT molecular complexity index is 1290. The molecular weight excluding hydrogens is 434 g/mol. The lowest BCUT2D eigenvalue weighted by Crippen LogP contribution is -2.46. The smallest absolute Gasteiger partial charge is 0.257 e. The second kappa shape index (κ2) is 7.85. The van der Waals surface area contributed by atoms with Crippen LogP contribution in [0.3, 0.4) is 0 Å². The van der Waals surface area contributed by atoms with Gasteiger partial charge in [-0.3, -0.25) is 4.79 Å². The molecule has 1 aliphatic carbocycles. The van der Waals surface area contributed by atoms with E-state index in [1.54, 1.807) is 24.3 Å². The van der Waals surface area contributed by atoms with Crippen LogP contribution in [0.1, 0.15) is 49.4 Å². The summed E-state index contributed by atoms with van der Waals surface area (Å²) < 4.78 is 25.8. The molecular formula is C26H29N3O3S. The average Bonchev–Trinajstić information content (AvgIpc) is 2.76. The highest BCUT2D eigenvalue weighted by Crippen LogP contribution is 2.47. The maximum atomic E-state index is 13.3. The first-order chi connectivity index (χ1) is 15.6. The highest BCUT2D eigenvalue weighted by atomic mass is 32.2. The number of hydrazine groups is 1. The van der Waals surface area contributed by atoms with Crippen molar-refractivity contribution >= 4 is 15.8 Å². The van der Waals surface area contributed by atoms with E-state index in [1.165, 1.54) is 11.1 Å². The Hall–Kier alpha value is -2.90. The predicted molar refractivity (Wildman–Crippen MR) is 127 cm³/mol. The number of nitrogens with one attached hydrogen (secondary N) is 2. The molecule has 0 bridgehead atoms. The molecule has 0 saturated heterocycles. The van der Waals surface area contributed by atoms with Crippen molar-refractivity contribution in [2.45, 2.75) is 51.0 Å². The average molecular weight is 464 g/mol. The molecule has 0 unspecified atom stereocenters. The van der Waals surface area contributed by atoms with Crippen LogP contribution in [0.4, 0.5) is 0 Å². The summed E-state index contributed by atoms with van der Waals surface area (Å²) in [5, 5.41) is 0. The first-order valence-electron chi connectivity index (χ1n) is 11.3. The molecule has 0 radical (unpaired) electrons. The van der Waals surface area contributed by atoms with Crippen LogP contribution in [0.2, 0.25) is 0 Å². The second-order valence-electron chi connectivity index (χ2n) is 9.97. The number of fused-ring (bicyclic) bond motifs is 4. The molecule has 2 heterocycles. The number of hydrogen-bond donors (Lipinski definition) is 2. The minimum absolute atomic E-state index is 0.0400. The van der Waals surface area contributed by atoms with Crippen LogP contribution in [-0.4, -0.2) is 25.6 Å². The fourth-order valence-corrected chi connectivity index (χ4v) is 6.02. The number of carbonyl (C=O) groups excluding carboxylic acids is 1. The van der Waals surface area contributed by atoms with E-state index in [0.29, 0.717) is 17.7 Å². The Labute approximate surface area is 195 Å². The van der Waals surface area contributed by atoms with E-state index in [4.69, 9.17) is 0 Å². The van der Waals surface area contributed by atoms with E-state index in [0.717, 1.165) is 30.6 Å². The molecule has 3 aliphatic rings. The maximum Gasteiger partial charge on any atom is 0.257 e. The Morgan fingerprint density at radius 3 is 2.52 bits per heavy atom. The van der Waals surface area contributed by atoms with Crippen LogP contribution >= 0.6 is 0 Å². The van der Waals surface area contributed by atoms with E-state index in [9.17, 15) is 13.2 Å². The zero-order valence-corrected chi connectivity index (χ0v) is 20.0. The third kappa shape index (κ3) is 4.00. The summed E-state index contributed by atoms with van der Waals surface area (Å²) in [7, 11) is -3.79. The molecule has 0 fully saturated rings. The summed E-state index contributed by atoms with van der Waals surface area (Å²) in [5.41, 5.74) is 8.41. The zero-order chi connectivity index (χ0) is 23.4. The third-order valence-electron chi connectivity index (χ3n) is 6.78. The number of benzene rings is 2. The molecule has 2 aromatic carbocycles. The first-order valence-corrected chi connectivity index (χ1v) is 12.8. The van der Waals surface area contributed by atoms with Gasteiger partial charge in [0.05, 0.1) is 22.2 Å². The minimum Gasteiger partial charge on any atom is -0.363 e. The summed E-state index contributed by atoms with van der Waals surface area (Å²) in [6, 6.07) is 15.0. The molecule has 7 heteroatoms. The number of aryl methyl sites for hydroxylation is 1. The molecule has 2 aromatic rings. The van der Waals surface area contributed by atoms with Gasteiger partial charge < -0.3 is 10.3 Å². The van der Waals surface area contributed by atoms with E-state index in [-0.39, 0.29) is 22.1 Å². The molecule has 172 valence electrons. The van der Waals surface area contributed by atoms with Crippen LogP contribution in [-0.2, 0) is 21.2 Å². The van der Waals surface area contributed by atoms with Crippen LogP contribution in [0, 0.1) is 12.3 Å². The molecule has 2 aliphatic heterocycles. The Balaban J connectivity index is 1.53. The van der Waals surface area contributed by atoms with Gasteiger partial charge in [-0.15, -0.1) is 4.83 Å². The van der Waals surface area contributed by atoms with Gasteiger partial charge in [0.1, 0.15) is 0 Å².